The molecule has 5 rings (SSSR count). The number of nitrogens with one attached hydrogen (secondary N) is 1. The van der Waals surface area contributed by atoms with E-state index < -0.39 is 41.1 Å². The molecule has 2 saturated heterocycles. The quantitative estimate of drug-likeness (QED) is 0.322. The van der Waals surface area contributed by atoms with Gasteiger partial charge in [-0.1, -0.05) is 25.9 Å². The third kappa shape index (κ3) is 7.77. The molecule has 2 aliphatic rings. The molecule has 1 aromatic carbocycles. The van der Waals surface area contributed by atoms with Crippen LogP contribution in [0.3, 0.4) is 0 Å². The lowest BCUT2D eigenvalue weighted by Crippen LogP contribution is -2.43. The molecule has 0 aliphatic carbocycles. The monoisotopic (exact) mass is 631 g/mol. The zero-order valence-corrected chi connectivity index (χ0v) is 26.4. The van der Waals surface area contributed by atoms with Crippen molar-refractivity contribution in [3.8, 4) is 5.75 Å². The number of carbonyl (C=O) groups is 1. The molecule has 1 N–H and O–H groups in total. The predicted octanol–water partition coefficient (Wildman–Crippen LogP) is 5.44. The molecule has 4 heterocycles. The Kier molecular flexibility index (Phi) is 9.40. The SMILES string of the molecule is CC(C)c1noc(N2CC[C@@H](COc3cnc(N4C[C@H](NC(=O)OC(C)(C)C)[C@@H](c5cc(F)c(F)cc5F)C4)nc3)[C@@H](C)C2)n1. The van der Waals surface area contributed by atoms with E-state index in [2.05, 4.69) is 37.2 Å². The highest BCUT2D eigenvalue weighted by atomic mass is 19.2. The van der Waals surface area contributed by atoms with Gasteiger partial charge in [0, 0.05) is 44.1 Å². The molecule has 14 heteroatoms. The molecule has 244 valence electrons. The Bertz CT molecular complexity index is 1480. The first-order valence-corrected chi connectivity index (χ1v) is 15.2. The van der Waals surface area contributed by atoms with Gasteiger partial charge in [-0.15, -0.1) is 0 Å². The predicted molar refractivity (Wildman–Crippen MR) is 160 cm³/mol. The highest BCUT2D eigenvalue weighted by Gasteiger charge is 2.39. The topological polar surface area (TPSA) is 119 Å². The molecule has 4 atom stereocenters. The summed E-state index contributed by atoms with van der Waals surface area (Å²) in [5, 5.41) is 6.82. The van der Waals surface area contributed by atoms with E-state index in [4.69, 9.17) is 14.0 Å². The molecule has 0 saturated carbocycles. The molecule has 0 radical (unpaired) electrons. The number of aromatic nitrogens is 4. The summed E-state index contributed by atoms with van der Waals surface area (Å²) >= 11 is 0. The standard InChI is InChI=1S/C31H40F3N7O4/c1-17(2)27-38-29(45-39-27)40-8-7-19(18(3)13-40)16-43-20-11-35-28(36-12-20)41-14-22(21-9-24(33)25(34)10-23(21)32)26(15-41)37-30(42)44-31(4,5)6/h9-12,17-19,22,26H,7-8,13-16H2,1-6H3,(H,37,42)/t18-,19-,22+,26-/m0/s1. The van der Waals surface area contributed by atoms with Crippen molar-refractivity contribution in [2.75, 3.05) is 42.6 Å². The number of carbonyl (C=O) groups excluding carboxylic acids is 1. The summed E-state index contributed by atoms with van der Waals surface area (Å²) < 4.78 is 59.5. The van der Waals surface area contributed by atoms with Crippen molar-refractivity contribution in [3.63, 3.8) is 0 Å². The van der Waals surface area contributed by atoms with Gasteiger partial charge in [-0.05, 0) is 50.7 Å². The smallest absolute Gasteiger partial charge is 0.407 e. The van der Waals surface area contributed by atoms with E-state index in [0.29, 0.717) is 48.0 Å². The van der Waals surface area contributed by atoms with Crippen molar-refractivity contribution in [1.82, 2.24) is 25.4 Å². The molecule has 0 unspecified atom stereocenters. The molecule has 0 spiro atoms. The van der Waals surface area contributed by atoms with Gasteiger partial charge >= 0.3 is 12.1 Å². The second-order valence-electron chi connectivity index (χ2n) is 13.1. The number of hydrogen-bond donors (Lipinski definition) is 1. The Morgan fingerprint density at radius 3 is 2.42 bits per heavy atom. The second-order valence-corrected chi connectivity index (χ2v) is 13.1. The highest BCUT2D eigenvalue weighted by Crippen LogP contribution is 2.33. The fourth-order valence-electron chi connectivity index (χ4n) is 5.66. The Labute approximate surface area is 260 Å². The third-order valence-corrected chi connectivity index (χ3v) is 8.12. The molecular weight excluding hydrogens is 591 g/mol. The number of amides is 1. The summed E-state index contributed by atoms with van der Waals surface area (Å²) in [6, 6.07) is 1.21. The van der Waals surface area contributed by atoms with Crippen LogP contribution in [0.4, 0.5) is 29.9 Å². The van der Waals surface area contributed by atoms with Gasteiger partial charge in [0.25, 0.3) is 0 Å². The van der Waals surface area contributed by atoms with Crippen molar-refractivity contribution < 1.29 is 32.0 Å². The average molecular weight is 632 g/mol. The lowest BCUT2D eigenvalue weighted by molar-refractivity contribution is 0.0504. The Morgan fingerprint density at radius 1 is 1.07 bits per heavy atom. The second kappa shape index (κ2) is 13.1. The van der Waals surface area contributed by atoms with Crippen LogP contribution in [0.1, 0.15) is 71.2 Å². The first kappa shape index (κ1) is 32.3. The van der Waals surface area contributed by atoms with Crippen LogP contribution < -0.4 is 19.9 Å². The van der Waals surface area contributed by atoms with E-state index in [0.717, 1.165) is 25.6 Å². The summed E-state index contributed by atoms with van der Waals surface area (Å²) in [5.41, 5.74) is -0.818. The van der Waals surface area contributed by atoms with Crippen molar-refractivity contribution in [3.05, 3.63) is 53.4 Å². The van der Waals surface area contributed by atoms with Crippen LogP contribution in [0.15, 0.2) is 29.0 Å². The fraction of sp³-hybridized carbons (Fsp3) is 0.581. The first-order chi connectivity index (χ1) is 21.3. The normalized spacial score (nSPS) is 22.2. The maximum Gasteiger partial charge on any atom is 0.407 e. The van der Waals surface area contributed by atoms with Gasteiger partial charge in [0.2, 0.25) is 5.95 Å². The number of piperidine rings is 1. The minimum atomic E-state index is -1.28. The van der Waals surface area contributed by atoms with E-state index in [1.807, 2.05) is 13.8 Å². The maximum absolute atomic E-state index is 14.8. The average Bonchev–Trinajstić information content (AvgIpc) is 3.62. The zero-order valence-electron chi connectivity index (χ0n) is 26.4. The number of hydrogen-bond acceptors (Lipinski definition) is 10. The van der Waals surface area contributed by atoms with Crippen LogP contribution in [-0.4, -0.2) is 70.6 Å². The summed E-state index contributed by atoms with van der Waals surface area (Å²) in [4.78, 5) is 29.9. The molecule has 2 aliphatic heterocycles. The number of alkyl carbamates (subject to hydrolysis) is 1. The van der Waals surface area contributed by atoms with Crippen LogP contribution >= 0.6 is 0 Å². The van der Waals surface area contributed by atoms with Crippen molar-refractivity contribution in [1.29, 1.82) is 0 Å². The van der Waals surface area contributed by atoms with Crippen molar-refractivity contribution >= 4 is 18.1 Å². The lowest BCUT2D eigenvalue weighted by atomic mass is 9.88. The Hall–Kier alpha value is -4.10. The Morgan fingerprint density at radius 2 is 1.78 bits per heavy atom. The minimum absolute atomic E-state index is 0.0583. The van der Waals surface area contributed by atoms with Gasteiger partial charge in [0.1, 0.15) is 11.4 Å². The van der Waals surface area contributed by atoms with E-state index in [-0.39, 0.29) is 24.6 Å². The minimum Gasteiger partial charge on any atom is -0.490 e. The number of ether oxygens (including phenoxy) is 2. The van der Waals surface area contributed by atoms with E-state index in [1.54, 1.807) is 38.1 Å². The number of nitrogens with zero attached hydrogens (tertiary/aromatic N) is 6. The van der Waals surface area contributed by atoms with Gasteiger partial charge in [-0.25, -0.2) is 27.9 Å². The molecule has 0 bridgehead atoms. The lowest BCUT2D eigenvalue weighted by Gasteiger charge is -2.35. The summed E-state index contributed by atoms with van der Waals surface area (Å²) in [6.45, 7) is 13.8. The van der Waals surface area contributed by atoms with Gasteiger partial charge in [-0.3, -0.25) is 0 Å². The molecular formula is C31H40F3N7O4. The van der Waals surface area contributed by atoms with Crippen LogP contribution in [0.25, 0.3) is 0 Å². The van der Waals surface area contributed by atoms with Gasteiger partial charge < -0.3 is 29.1 Å². The van der Waals surface area contributed by atoms with Crippen molar-refractivity contribution in [2.45, 2.75) is 71.4 Å². The molecule has 45 heavy (non-hydrogen) atoms. The molecule has 11 nitrogen and oxygen atoms in total. The van der Waals surface area contributed by atoms with E-state index in [1.165, 1.54) is 0 Å². The summed E-state index contributed by atoms with van der Waals surface area (Å²) in [5.74, 6) is -1.74. The van der Waals surface area contributed by atoms with Gasteiger partial charge in [0.05, 0.1) is 25.0 Å². The third-order valence-electron chi connectivity index (χ3n) is 8.12. The van der Waals surface area contributed by atoms with Crippen LogP contribution in [0.5, 0.6) is 5.75 Å². The summed E-state index contributed by atoms with van der Waals surface area (Å²) in [6.07, 6.45) is 3.32. The van der Waals surface area contributed by atoms with Crippen molar-refractivity contribution in [2.24, 2.45) is 11.8 Å². The largest absolute Gasteiger partial charge is 0.490 e. The summed E-state index contributed by atoms with van der Waals surface area (Å²) in [7, 11) is 0. The van der Waals surface area contributed by atoms with Crippen LogP contribution in [-0.2, 0) is 4.74 Å². The zero-order chi connectivity index (χ0) is 32.5. The van der Waals surface area contributed by atoms with E-state index >= 15 is 0 Å². The maximum atomic E-state index is 14.8. The number of halogens is 3. The van der Waals surface area contributed by atoms with Gasteiger partial charge in [-0.2, -0.15) is 4.98 Å². The van der Waals surface area contributed by atoms with Gasteiger partial charge in [0.15, 0.2) is 23.2 Å². The Balaban J connectivity index is 1.21. The van der Waals surface area contributed by atoms with E-state index in [9.17, 15) is 18.0 Å². The fourth-order valence-corrected chi connectivity index (χ4v) is 5.66. The number of benzene rings is 1. The molecule has 2 fully saturated rings. The molecule has 1 amide bonds. The molecule has 2 aromatic heterocycles. The molecule has 3 aromatic rings. The highest BCUT2D eigenvalue weighted by molar-refractivity contribution is 5.68. The number of rotatable bonds is 8. The first-order valence-electron chi connectivity index (χ1n) is 15.2. The number of anilines is 2. The van der Waals surface area contributed by atoms with Crippen LogP contribution in [0, 0.1) is 29.3 Å². The van der Waals surface area contributed by atoms with Crippen LogP contribution in [0.2, 0.25) is 0 Å².